The summed E-state index contributed by atoms with van der Waals surface area (Å²) in [6, 6.07) is 4.69. The number of ketones is 1. The number of rotatable bonds is 4. The second-order valence-electron chi connectivity index (χ2n) is 5.09. The standard InChI is InChI=1S/C16H17F3N2OS/c1-4-21-10(2)15(11(3)22)23-14(21)9-20-13-7-5-12(6-8-13)16(17,18)19/h5-9,14H,4H2,1-3H3. The maximum Gasteiger partial charge on any atom is 0.416 e. The van der Waals surface area contributed by atoms with Crippen LogP contribution in [0.1, 0.15) is 26.3 Å². The summed E-state index contributed by atoms with van der Waals surface area (Å²) in [6.07, 6.45) is -2.68. The Morgan fingerprint density at radius 1 is 1.35 bits per heavy atom. The summed E-state index contributed by atoms with van der Waals surface area (Å²) in [5.74, 6) is 0.0105. The SMILES string of the molecule is CCN1C(C)=C(C(C)=O)SC1C=Nc1ccc(C(F)(F)F)cc1. The molecule has 124 valence electrons. The van der Waals surface area contributed by atoms with Crippen molar-refractivity contribution in [2.24, 2.45) is 4.99 Å². The molecule has 0 saturated heterocycles. The summed E-state index contributed by atoms with van der Waals surface area (Å²) >= 11 is 1.41. The van der Waals surface area contributed by atoms with Crippen molar-refractivity contribution < 1.29 is 18.0 Å². The average Bonchev–Trinajstić information content (AvgIpc) is 2.80. The van der Waals surface area contributed by atoms with Crippen molar-refractivity contribution in [2.45, 2.75) is 32.3 Å². The van der Waals surface area contributed by atoms with E-state index >= 15 is 0 Å². The van der Waals surface area contributed by atoms with Gasteiger partial charge in [0.05, 0.1) is 16.2 Å². The number of allylic oxidation sites excluding steroid dienone is 2. The molecule has 1 unspecified atom stereocenters. The molecule has 0 saturated carbocycles. The molecule has 1 atom stereocenters. The molecule has 1 aromatic carbocycles. The van der Waals surface area contributed by atoms with E-state index in [0.29, 0.717) is 10.6 Å². The highest BCUT2D eigenvalue weighted by molar-refractivity contribution is 8.05. The number of aliphatic imine (C=N–C) groups is 1. The van der Waals surface area contributed by atoms with E-state index in [1.807, 2.05) is 18.7 Å². The third-order valence-electron chi connectivity index (χ3n) is 3.51. The smallest absolute Gasteiger partial charge is 0.357 e. The topological polar surface area (TPSA) is 32.7 Å². The molecular weight excluding hydrogens is 325 g/mol. The van der Waals surface area contributed by atoms with E-state index in [1.165, 1.54) is 30.8 Å². The fourth-order valence-corrected chi connectivity index (χ4v) is 3.59. The Labute approximate surface area is 137 Å². The fraction of sp³-hybridized carbons (Fsp3) is 0.375. The summed E-state index contributed by atoms with van der Waals surface area (Å²) in [6.45, 7) is 6.11. The minimum absolute atomic E-state index is 0.0105. The van der Waals surface area contributed by atoms with Crippen LogP contribution in [0, 0.1) is 0 Å². The van der Waals surface area contributed by atoms with E-state index in [4.69, 9.17) is 0 Å². The molecule has 1 aromatic rings. The molecule has 1 heterocycles. The predicted molar refractivity (Wildman–Crippen MR) is 86.7 cm³/mol. The number of hydrogen-bond donors (Lipinski definition) is 0. The molecule has 0 radical (unpaired) electrons. The third-order valence-corrected chi connectivity index (χ3v) is 4.95. The minimum atomic E-state index is -4.35. The first kappa shape index (κ1) is 17.6. The summed E-state index contributed by atoms with van der Waals surface area (Å²) in [5.41, 5.74) is 0.663. The number of nitrogens with zero attached hydrogens (tertiary/aromatic N) is 2. The Bertz CT molecular complexity index is 650. The van der Waals surface area contributed by atoms with Gasteiger partial charge in [-0.05, 0) is 45.0 Å². The number of thioether (sulfide) groups is 1. The first-order valence-corrected chi connectivity index (χ1v) is 7.98. The first-order chi connectivity index (χ1) is 10.7. The van der Waals surface area contributed by atoms with Crippen molar-refractivity contribution >= 4 is 29.4 Å². The molecule has 0 amide bonds. The molecule has 0 bridgehead atoms. The second-order valence-corrected chi connectivity index (χ2v) is 6.21. The van der Waals surface area contributed by atoms with Crippen molar-refractivity contribution in [1.29, 1.82) is 0 Å². The molecule has 23 heavy (non-hydrogen) atoms. The number of hydrogen-bond acceptors (Lipinski definition) is 4. The zero-order chi connectivity index (χ0) is 17.2. The molecule has 1 aliphatic heterocycles. The molecular formula is C16H17F3N2OS. The van der Waals surface area contributed by atoms with Crippen molar-refractivity contribution in [3.05, 3.63) is 40.4 Å². The molecule has 2 rings (SSSR count). The van der Waals surface area contributed by atoms with Crippen molar-refractivity contribution in [1.82, 2.24) is 4.90 Å². The second kappa shape index (κ2) is 6.78. The number of alkyl halides is 3. The summed E-state index contributed by atoms with van der Waals surface area (Å²) in [4.78, 5) is 18.6. The normalized spacial score (nSPS) is 19.0. The van der Waals surface area contributed by atoms with Crippen LogP contribution in [-0.4, -0.2) is 28.8 Å². The van der Waals surface area contributed by atoms with E-state index in [9.17, 15) is 18.0 Å². The third kappa shape index (κ3) is 3.96. The van der Waals surface area contributed by atoms with Gasteiger partial charge < -0.3 is 4.90 Å². The first-order valence-electron chi connectivity index (χ1n) is 7.10. The molecule has 7 heteroatoms. The van der Waals surface area contributed by atoms with E-state index in [-0.39, 0.29) is 11.2 Å². The maximum absolute atomic E-state index is 12.5. The molecule has 0 aromatic heterocycles. The fourth-order valence-electron chi connectivity index (χ4n) is 2.34. The van der Waals surface area contributed by atoms with Gasteiger partial charge in [0.1, 0.15) is 5.37 Å². The van der Waals surface area contributed by atoms with Gasteiger partial charge in [-0.3, -0.25) is 9.79 Å². The highest BCUT2D eigenvalue weighted by Gasteiger charge is 2.31. The summed E-state index contributed by atoms with van der Waals surface area (Å²) in [5, 5.41) is -0.124. The van der Waals surface area contributed by atoms with Crippen LogP contribution in [0.2, 0.25) is 0 Å². The number of carbonyl (C=O) groups excluding carboxylic acids is 1. The Balaban J connectivity index is 2.13. The van der Waals surface area contributed by atoms with Gasteiger partial charge in [-0.1, -0.05) is 11.8 Å². The minimum Gasteiger partial charge on any atom is -0.357 e. The van der Waals surface area contributed by atoms with Crippen LogP contribution in [0.15, 0.2) is 39.9 Å². The van der Waals surface area contributed by atoms with Crippen LogP contribution in [0.3, 0.4) is 0 Å². The summed E-state index contributed by atoms with van der Waals surface area (Å²) < 4.78 is 37.6. The van der Waals surface area contributed by atoms with Crippen molar-refractivity contribution in [2.75, 3.05) is 6.54 Å². The lowest BCUT2D eigenvalue weighted by Crippen LogP contribution is -2.28. The van der Waals surface area contributed by atoms with Gasteiger partial charge in [0, 0.05) is 18.5 Å². The molecule has 0 fully saturated rings. The number of carbonyl (C=O) groups is 1. The van der Waals surface area contributed by atoms with Crippen LogP contribution in [-0.2, 0) is 11.0 Å². The Hall–Kier alpha value is -1.76. The Morgan fingerprint density at radius 2 is 1.96 bits per heavy atom. The van der Waals surface area contributed by atoms with E-state index < -0.39 is 11.7 Å². The van der Waals surface area contributed by atoms with Gasteiger partial charge >= 0.3 is 6.18 Å². The molecule has 0 aliphatic carbocycles. The molecule has 0 N–H and O–H groups in total. The van der Waals surface area contributed by atoms with Gasteiger partial charge in [0.2, 0.25) is 0 Å². The Morgan fingerprint density at radius 3 is 2.43 bits per heavy atom. The highest BCUT2D eigenvalue weighted by Crippen LogP contribution is 2.37. The van der Waals surface area contributed by atoms with Crippen molar-refractivity contribution in [3.63, 3.8) is 0 Å². The number of Topliss-reactive ketones (excluding diaryl/α,β-unsaturated/α-hetero) is 1. The van der Waals surface area contributed by atoms with Gasteiger partial charge in [0.15, 0.2) is 5.78 Å². The van der Waals surface area contributed by atoms with Crippen molar-refractivity contribution in [3.8, 4) is 0 Å². The Kier molecular flexibility index (Phi) is 5.19. The van der Waals surface area contributed by atoms with E-state index in [1.54, 1.807) is 6.21 Å². The van der Waals surface area contributed by atoms with Crippen LogP contribution in [0.5, 0.6) is 0 Å². The monoisotopic (exact) mass is 342 g/mol. The quantitative estimate of drug-likeness (QED) is 0.748. The van der Waals surface area contributed by atoms with Gasteiger partial charge in [-0.2, -0.15) is 13.2 Å². The highest BCUT2D eigenvalue weighted by atomic mass is 32.2. The number of benzene rings is 1. The lowest BCUT2D eigenvalue weighted by atomic mass is 10.2. The van der Waals surface area contributed by atoms with E-state index in [0.717, 1.165) is 24.4 Å². The number of halogens is 3. The van der Waals surface area contributed by atoms with Gasteiger partial charge in [-0.25, -0.2) is 0 Å². The lowest BCUT2D eigenvalue weighted by Gasteiger charge is -2.22. The van der Waals surface area contributed by atoms with Gasteiger partial charge in [-0.15, -0.1) is 0 Å². The van der Waals surface area contributed by atoms with Crippen LogP contribution in [0.25, 0.3) is 0 Å². The van der Waals surface area contributed by atoms with Crippen LogP contribution >= 0.6 is 11.8 Å². The average molecular weight is 342 g/mol. The largest absolute Gasteiger partial charge is 0.416 e. The molecule has 0 spiro atoms. The van der Waals surface area contributed by atoms with Crippen LogP contribution < -0.4 is 0 Å². The lowest BCUT2D eigenvalue weighted by molar-refractivity contribution is -0.137. The summed E-state index contributed by atoms with van der Waals surface area (Å²) in [7, 11) is 0. The van der Waals surface area contributed by atoms with Crippen LogP contribution in [0.4, 0.5) is 18.9 Å². The zero-order valence-corrected chi connectivity index (χ0v) is 13.8. The zero-order valence-electron chi connectivity index (χ0n) is 13.0. The van der Waals surface area contributed by atoms with E-state index in [2.05, 4.69) is 4.99 Å². The van der Waals surface area contributed by atoms with Gasteiger partial charge in [0.25, 0.3) is 0 Å². The maximum atomic E-state index is 12.5. The molecule has 3 nitrogen and oxygen atoms in total. The molecule has 1 aliphatic rings. The predicted octanol–water partition coefficient (Wildman–Crippen LogP) is 4.62.